The van der Waals surface area contributed by atoms with E-state index in [9.17, 15) is 0 Å². The number of nitrogens with zero attached hydrogens (tertiary/aromatic N) is 1. The highest BCUT2D eigenvalue weighted by molar-refractivity contribution is 7.17. The third-order valence-corrected chi connectivity index (χ3v) is 3.10. The van der Waals surface area contributed by atoms with Crippen molar-refractivity contribution in [1.82, 2.24) is 16.5 Å². The van der Waals surface area contributed by atoms with E-state index in [1.807, 2.05) is 12.1 Å². The molecular weight excluding hydrogens is 196 g/mol. The van der Waals surface area contributed by atoms with E-state index in [0.29, 0.717) is 0 Å². The van der Waals surface area contributed by atoms with E-state index in [1.165, 1.54) is 10.1 Å². The Morgan fingerprint density at radius 2 is 2.14 bits per heavy atom. The van der Waals surface area contributed by atoms with Gasteiger partial charge in [0.2, 0.25) is 0 Å². The Morgan fingerprint density at radius 1 is 1.21 bits per heavy atom. The number of hydrazine groups is 2. The minimum Gasteiger partial charge on any atom is -0.285 e. The lowest BCUT2D eigenvalue weighted by Crippen LogP contribution is -2.35. The van der Waals surface area contributed by atoms with Crippen LogP contribution in [0.25, 0.3) is 10.1 Å². The largest absolute Gasteiger partial charge is 0.285 e. The molecule has 2 aromatic rings. The molecule has 0 bridgehead atoms. The van der Waals surface area contributed by atoms with Crippen LogP contribution >= 0.6 is 11.3 Å². The molecule has 1 aromatic carbocycles. The van der Waals surface area contributed by atoms with Gasteiger partial charge in [-0.2, -0.15) is 0 Å². The molecule has 4 nitrogen and oxygen atoms in total. The van der Waals surface area contributed by atoms with E-state index < -0.39 is 0 Å². The molecule has 0 unspecified atom stereocenters. The van der Waals surface area contributed by atoms with Crippen molar-refractivity contribution in [2.24, 2.45) is 5.10 Å². The second kappa shape index (κ2) is 2.97. The summed E-state index contributed by atoms with van der Waals surface area (Å²) < 4.78 is 1.28. The van der Waals surface area contributed by atoms with Gasteiger partial charge in [0, 0.05) is 21.0 Å². The monoisotopic (exact) mass is 204 g/mol. The number of fused-ring (bicyclic) bond motifs is 1. The quantitative estimate of drug-likeness (QED) is 0.653. The first-order valence-corrected chi connectivity index (χ1v) is 5.13. The standard InChI is InChI=1S/C9H8N4S/c1-2-4-8-6(3-1)7(5-14-8)9-10-12-13-11-9/h1-5,12-13H,(H,10,11). The summed E-state index contributed by atoms with van der Waals surface area (Å²) in [7, 11) is 0. The van der Waals surface area contributed by atoms with Gasteiger partial charge in [-0.25, -0.2) is 5.53 Å². The predicted molar refractivity (Wildman–Crippen MR) is 57.8 cm³/mol. The van der Waals surface area contributed by atoms with Gasteiger partial charge < -0.3 is 0 Å². The van der Waals surface area contributed by atoms with Crippen molar-refractivity contribution in [3.05, 3.63) is 35.2 Å². The number of rotatable bonds is 1. The Labute approximate surface area is 84.6 Å². The normalized spacial score (nSPS) is 15.0. The zero-order valence-corrected chi connectivity index (χ0v) is 8.06. The average Bonchev–Trinajstić information content (AvgIpc) is 2.85. The summed E-state index contributed by atoms with van der Waals surface area (Å²) >= 11 is 1.72. The van der Waals surface area contributed by atoms with Crippen molar-refractivity contribution in [1.29, 1.82) is 0 Å². The molecule has 0 spiro atoms. The van der Waals surface area contributed by atoms with Crippen molar-refractivity contribution in [2.45, 2.75) is 0 Å². The minimum absolute atomic E-state index is 0.836. The maximum Gasteiger partial charge on any atom is 0.171 e. The van der Waals surface area contributed by atoms with E-state index in [-0.39, 0.29) is 0 Å². The predicted octanol–water partition coefficient (Wildman–Crippen LogP) is 1.18. The third-order valence-electron chi connectivity index (χ3n) is 2.14. The summed E-state index contributed by atoms with van der Waals surface area (Å²) in [6, 6.07) is 8.29. The Bertz CT molecular complexity index is 502. The molecule has 1 aliphatic heterocycles. The molecule has 3 N–H and O–H groups in total. The summed E-state index contributed by atoms with van der Waals surface area (Å²) in [5.41, 5.74) is 9.46. The van der Waals surface area contributed by atoms with E-state index >= 15 is 0 Å². The van der Waals surface area contributed by atoms with Crippen molar-refractivity contribution in [3.63, 3.8) is 0 Å². The molecule has 14 heavy (non-hydrogen) atoms. The van der Waals surface area contributed by atoms with Gasteiger partial charge in [-0.3, -0.25) is 5.43 Å². The summed E-state index contributed by atoms with van der Waals surface area (Å²) in [5.74, 6) is 0.836. The molecule has 0 saturated carbocycles. The van der Waals surface area contributed by atoms with Gasteiger partial charge in [-0.05, 0) is 6.07 Å². The average molecular weight is 204 g/mol. The first-order valence-electron chi connectivity index (χ1n) is 4.25. The van der Waals surface area contributed by atoms with Crippen LogP contribution in [-0.4, -0.2) is 5.84 Å². The van der Waals surface area contributed by atoms with Gasteiger partial charge >= 0.3 is 0 Å². The van der Waals surface area contributed by atoms with Crippen molar-refractivity contribution >= 4 is 27.3 Å². The highest BCUT2D eigenvalue weighted by atomic mass is 32.1. The first kappa shape index (κ1) is 7.78. The lowest BCUT2D eigenvalue weighted by molar-refractivity contribution is 0.577. The van der Waals surface area contributed by atoms with Gasteiger partial charge in [-0.15, -0.1) is 22.0 Å². The van der Waals surface area contributed by atoms with Crippen LogP contribution in [0.15, 0.2) is 34.7 Å². The lowest BCUT2D eigenvalue weighted by atomic mass is 10.2. The Hall–Kier alpha value is -1.59. The van der Waals surface area contributed by atoms with Crippen LogP contribution < -0.4 is 16.5 Å². The van der Waals surface area contributed by atoms with E-state index in [1.54, 1.807) is 11.3 Å². The molecule has 0 amide bonds. The Morgan fingerprint density at radius 3 is 3.00 bits per heavy atom. The topological polar surface area (TPSA) is 48.5 Å². The fourth-order valence-electron chi connectivity index (χ4n) is 1.49. The summed E-state index contributed by atoms with van der Waals surface area (Å²) in [5, 5.41) is 7.41. The van der Waals surface area contributed by atoms with Crippen LogP contribution in [0.2, 0.25) is 0 Å². The number of benzene rings is 1. The maximum atomic E-state index is 4.08. The number of hydrogen-bond donors (Lipinski definition) is 3. The molecular formula is C9H8N4S. The second-order valence-corrected chi connectivity index (χ2v) is 3.88. The Balaban J connectivity index is 2.21. The van der Waals surface area contributed by atoms with Crippen LogP contribution in [0.3, 0.4) is 0 Å². The van der Waals surface area contributed by atoms with Gasteiger partial charge in [0.25, 0.3) is 0 Å². The van der Waals surface area contributed by atoms with Crippen LogP contribution in [0.4, 0.5) is 0 Å². The summed E-state index contributed by atoms with van der Waals surface area (Å²) in [6.45, 7) is 0. The van der Waals surface area contributed by atoms with E-state index in [0.717, 1.165) is 11.4 Å². The number of hydrazone groups is 1. The van der Waals surface area contributed by atoms with Gasteiger partial charge in [0.05, 0.1) is 0 Å². The van der Waals surface area contributed by atoms with Crippen LogP contribution in [0.1, 0.15) is 5.56 Å². The molecule has 2 heterocycles. The molecule has 0 saturated heterocycles. The molecule has 3 rings (SSSR count). The van der Waals surface area contributed by atoms with Gasteiger partial charge in [-0.1, -0.05) is 18.2 Å². The zero-order valence-electron chi connectivity index (χ0n) is 7.24. The van der Waals surface area contributed by atoms with Crippen molar-refractivity contribution < 1.29 is 0 Å². The molecule has 1 aliphatic rings. The Kier molecular flexibility index (Phi) is 1.65. The smallest absolute Gasteiger partial charge is 0.171 e. The minimum atomic E-state index is 0.836. The van der Waals surface area contributed by atoms with E-state index in [4.69, 9.17) is 0 Å². The molecule has 0 aliphatic carbocycles. The molecule has 70 valence electrons. The van der Waals surface area contributed by atoms with Gasteiger partial charge in [0.1, 0.15) is 0 Å². The lowest BCUT2D eigenvalue weighted by Gasteiger charge is -1.97. The fraction of sp³-hybridized carbons (Fsp3) is 0. The molecule has 1 aromatic heterocycles. The molecule has 5 heteroatoms. The van der Waals surface area contributed by atoms with Crippen LogP contribution in [0, 0.1) is 0 Å². The third kappa shape index (κ3) is 1.07. The number of nitrogens with one attached hydrogen (secondary N) is 3. The number of thiophene rings is 1. The first-order chi connectivity index (χ1) is 6.95. The summed E-state index contributed by atoms with van der Waals surface area (Å²) in [4.78, 5) is 0. The molecule has 0 fully saturated rings. The van der Waals surface area contributed by atoms with Crippen LogP contribution in [0.5, 0.6) is 0 Å². The fourth-order valence-corrected chi connectivity index (χ4v) is 2.43. The SMILES string of the molecule is c1ccc2c(C3=NNNN3)csc2c1. The number of amidine groups is 1. The second-order valence-electron chi connectivity index (χ2n) is 2.97. The van der Waals surface area contributed by atoms with Gasteiger partial charge in [0.15, 0.2) is 5.84 Å². The molecule has 0 radical (unpaired) electrons. The summed E-state index contributed by atoms with van der Waals surface area (Å²) in [6.07, 6.45) is 0. The zero-order chi connectivity index (χ0) is 9.38. The maximum absolute atomic E-state index is 4.08. The highest BCUT2D eigenvalue weighted by Gasteiger charge is 2.12. The highest BCUT2D eigenvalue weighted by Crippen LogP contribution is 2.25. The number of hydrogen-bond acceptors (Lipinski definition) is 5. The van der Waals surface area contributed by atoms with E-state index in [2.05, 4.69) is 39.1 Å². The van der Waals surface area contributed by atoms with Crippen LogP contribution in [-0.2, 0) is 0 Å². The molecule has 0 atom stereocenters. The van der Waals surface area contributed by atoms with Crippen molar-refractivity contribution in [2.75, 3.05) is 0 Å². The van der Waals surface area contributed by atoms with Crippen molar-refractivity contribution in [3.8, 4) is 0 Å².